The van der Waals surface area contributed by atoms with Crippen molar-refractivity contribution in [3.8, 4) is 11.5 Å². The number of nitrogen functional groups attached to an aromatic ring is 1. The van der Waals surface area contributed by atoms with Crippen molar-refractivity contribution in [2.24, 2.45) is 5.10 Å². The lowest BCUT2D eigenvalue weighted by Gasteiger charge is -2.18. The van der Waals surface area contributed by atoms with Crippen molar-refractivity contribution in [2.45, 2.75) is 24.5 Å². The Kier molecular flexibility index (Phi) is 5.20. The molecule has 4 rings (SSSR count). The van der Waals surface area contributed by atoms with Gasteiger partial charge in [0.25, 0.3) is 5.56 Å². The molecular formula is C17H19N7O7. The van der Waals surface area contributed by atoms with Crippen LogP contribution in [0.25, 0.3) is 11.2 Å². The number of phenols is 2. The zero-order valence-electron chi connectivity index (χ0n) is 15.7. The molecule has 2 aromatic heterocycles. The van der Waals surface area contributed by atoms with E-state index in [2.05, 4.69) is 25.5 Å². The smallest absolute Gasteiger partial charge is 0.280 e. The van der Waals surface area contributed by atoms with Crippen LogP contribution in [0.1, 0.15) is 11.8 Å². The van der Waals surface area contributed by atoms with Crippen LogP contribution in [0.2, 0.25) is 0 Å². The molecule has 1 aliphatic rings. The highest BCUT2D eigenvalue weighted by molar-refractivity contribution is 5.84. The number of nitrogens with zero attached hydrogens (tertiary/aromatic N) is 4. The average Bonchev–Trinajstić information content (AvgIpc) is 3.21. The van der Waals surface area contributed by atoms with E-state index in [1.165, 1.54) is 22.9 Å². The summed E-state index contributed by atoms with van der Waals surface area (Å²) in [6.07, 6.45) is -4.02. The molecule has 1 aliphatic heterocycles. The summed E-state index contributed by atoms with van der Waals surface area (Å²) in [6.45, 7) is -0.557. The quantitative estimate of drug-likeness (QED) is 0.165. The lowest BCUT2D eigenvalue weighted by atomic mass is 10.1. The van der Waals surface area contributed by atoms with E-state index in [0.717, 1.165) is 6.07 Å². The number of benzene rings is 1. The molecule has 0 bridgehead atoms. The summed E-state index contributed by atoms with van der Waals surface area (Å²) in [7, 11) is 0. The first-order chi connectivity index (χ1) is 14.8. The van der Waals surface area contributed by atoms with Crippen molar-refractivity contribution < 1.29 is 30.3 Å². The topological polar surface area (TPSA) is 224 Å². The number of phenolic OH excluding ortho intramolecular Hbond substituents is 2. The minimum absolute atomic E-state index is 0.0544. The van der Waals surface area contributed by atoms with Gasteiger partial charge in [0.2, 0.25) is 11.9 Å². The number of aliphatic hydroxyl groups excluding tert-OH is 3. The fraction of sp³-hybridized carbons (Fsp3) is 0.294. The van der Waals surface area contributed by atoms with Gasteiger partial charge in [-0.1, -0.05) is 0 Å². The van der Waals surface area contributed by atoms with Gasteiger partial charge in [-0.3, -0.25) is 14.3 Å². The van der Waals surface area contributed by atoms with E-state index in [9.17, 15) is 30.3 Å². The second-order valence-corrected chi connectivity index (χ2v) is 6.77. The number of aromatic amines is 1. The minimum Gasteiger partial charge on any atom is -0.508 e. The van der Waals surface area contributed by atoms with Crippen LogP contribution in [-0.4, -0.2) is 76.2 Å². The molecule has 164 valence electrons. The number of H-pyrrole nitrogens is 1. The van der Waals surface area contributed by atoms with Crippen molar-refractivity contribution in [3.63, 3.8) is 0 Å². The molecule has 1 fully saturated rings. The standard InChI is InChI=1S/C17H19N7O7/c18-16-21-13-10(14(30)22-16)20-17(23-19-4-6-1-2-7(26)3-8(6)27)24(13)15-12(29)11(28)9(5-25)31-15/h1-4,9,11-12,15,25-29H,5H2,(H,20,23)(H3,18,21,22,30)/b19-4+. The summed E-state index contributed by atoms with van der Waals surface area (Å²) in [5.41, 5.74) is 7.60. The summed E-state index contributed by atoms with van der Waals surface area (Å²) in [6, 6.07) is 3.89. The minimum atomic E-state index is -1.48. The Bertz CT molecular complexity index is 1210. The number of nitrogens with one attached hydrogen (secondary N) is 2. The highest BCUT2D eigenvalue weighted by Gasteiger charge is 2.45. The maximum Gasteiger partial charge on any atom is 0.280 e. The Balaban J connectivity index is 1.76. The van der Waals surface area contributed by atoms with Gasteiger partial charge in [-0.05, 0) is 12.1 Å². The highest BCUT2D eigenvalue weighted by atomic mass is 16.6. The Morgan fingerprint density at radius 1 is 1.29 bits per heavy atom. The van der Waals surface area contributed by atoms with Crippen molar-refractivity contribution in [1.29, 1.82) is 0 Å². The zero-order valence-corrected chi connectivity index (χ0v) is 15.7. The van der Waals surface area contributed by atoms with E-state index < -0.39 is 36.7 Å². The molecule has 1 saturated heterocycles. The summed E-state index contributed by atoms with van der Waals surface area (Å²) in [5, 5.41) is 53.0. The lowest BCUT2D eigenvalue weighted by Crippen LogP contribution is -2.33. The number of rotatable bonds is 5. The molecule has 14 nitrogen and oxygen atoms in total. The maximum absolute atomic E-state index is 12.3. The van der Waals surface area contributed by atoms with E-state index >= 15 is 0 Å². The number of ether oxygens (including phenoxy) is 1. The van der Waals surface area contributed by atoms with Gasteiger partial charge in [-0.2, -0.15) is 10.1 Å². The maximum atomic E-state index is 12.3. The fourth-order valence-electron chi connectivity index (χ4n) is 3.21. The molecule has 0 aliphatic carbocycles. The number of hydrogen-bond donors (Lipinski definition) is 8. The van der Waals surface area contributed by atoms with Crippen LogP contribution in [0.15, 0.2) is 28.1 Å². The molecule has 0 spiro atoms. The van der Waals surface area contributed by atoms with E-state index in [-0.39, 0.29) is 40.1 Å². The number of nitrogens with two attached hydrogens (primary N) is 1. The van der Waals surface area contributed by atoms with Gasteiger partial charge in [0.15, 0.2) is 17.4 Å². The van der Waals surface area contributed by atoms with Crippen LogP contribution in [0, 0.1) is 0 Å². The van der Waals surface area contributed by atoms with Crippen molar-refractivity contribution in [1.82, 2.24) is 19.5 Å². The zero-order chi connectivity index (χ0) is 22.3. The molecule has 0 saturated carbocycles. The van der Waals surface area contributed by atoms with Crippen LogP contribution < -0.4 is 16.7 Å². The van der Waals surface area contributed by atoms with Crippen molar-refractivity contribution in [3.05, 3.63) is 34.1 Å². The number of fused-ring (bicyclic) bond motifs is 1. The monoisotopic (exact) mass is 433 g/mol. The first-order valence-electron chi connectivity index (χ1n) is 9.01. The highest BCUT2D eigenvalue weighted by Crippen LogP contribution is 2.34. The molecule has 3 heterocycles. The third-order valence-electron chi connectivity index (χ3n) is 4.72. The average molecular weight is 433 g/mol. The predicted octanol–water partition coefficient (Wildman–Crippen LogP) is -1.83. The lowest BCUT2D eigenvalue weighted by molar-refractivity contribution is -0.0501. The van der Waals surface area contributed by atoms with Gasteiger partial charge < -0.3 is 36.0 Å². The molecule has 31 heavy (non-hydrogen) atoms. The number of aromatic nitrogens is 4. The molecule has 14 heteroatoms. The van der Waals surface area contributed by atoms with Crippen LogP contribution in [0.5, 0.6) is 11.5 Å². The van der Waals surface area contributed by atoms with E-state index in [4.69, 9.17) is 10.5 Å². The molecule has 1 aromatic carbocycles. The predicted molar refractivity (Wildman–Crippen MR) is 107 cm³/mol. The third-order valence-corrected chi connectivity index (χ3v) is 4.72. The summed E-state index contributed by atoms with van der Waals surface area (Å²) in [4.78, 5) is 22.7. The second-order valence-electron chi connectivity index (χ2n) is 6.77. The molecule has 0 radical (unpaired) electrons. The number of anilines is 2. The van der Waals surface area contributed by atoms with Crippen LogP contribution in [0.4, 0.5) is 11.9 Å². The largest absolute Gasteiger partial charge is 0.508 e. The Morgan fingerprint density at radius 3 is 2.74 bits per heavy atom. The summed E-state index contributed by atoms with van der Waals surface area (Å²) < 4.78 is 6.70. The molecule has 3 aromatic rings. The molecule has 0 amide bonds. The van der Waals surface area contributed by atoms with E-state index in [0.29, 0.717) is 0 Å². The Labute approximate surface area is 172 Å². The molecule has 4 unspecified atom stereocenters. The Hall–Kier alpha value is -3.72. The van der Waals surface area contributed by atoms with Crippen molar-refractivity contribution in [2.75, 3.05) is 17.8 Å². The van der Waals surface area contributed by atoms with Gasteiger partial charge >= 0.3 is 0 Å². The van der Waals surface area contributed by atoms with E-state index in [1.807, 2.05) is 0 Å². The van der Waals surface area contributed by atoms with Gasteiger partial charge in [-0.25, -0.2) is 10.4 Å². The number of aliphatic hydroxyl groups is 3. The van der Waals surface area contributed by atoms with Gasteiger partial charge in [0.1, 0.15) is 29.8 Å². The molecular weight excluding hydrogens is 414 g/mol. The van der Waals surface area contributed by atoms with Crippen molar-refractivity contribution >= 4 is 29.3 Å². The molecule has 4 atom stereocenters. The fourth-order valence-corrected chi connectivity index (χ4v) is 3.21. The summed E-state index contributed by atoms with van der Waals surface area (Å²) >= 11 is 0. The third kappa shape index (κ3) is 3.64. The number of aromatic hydroxyl groups is 2. The Morgan fingerprint density at radius 2 is 2.06 bits per heavy atom. The molecule has 9 N–H and O–H groups in total. The number of hydrazone groups is 1. The van der Waals surface area contributed by atoms with Crippen LogP contribution in [-0.2, 0) is 4.74 Å². The van der Waals surface area contributed by atoms with E-state index in [1.54, 1.807) is 0 Å². The first kappa shape index (κ1) is 20.5. The number of hydrogen-bond acceptors (Lipinski definition) is 12. The van der Waals surface area contributed by atoms with Gasteiger partial charge in [0, 0.05) is 11.6 Å². The van der Waals surface area contributed by atoms with Crippen LogP contribution in [0.3, 0.4) is 0 Å². The first-order valence-corrected chi connectivity index (χ1v) is 9.01. The second kappa shape index (κ2) is 7.84. The normalized spacial score (nSPS) is 23.7. The summed E-state index contributed by atoms with van der Waals surface area (Å²) in [5.74, 6) is -0.664. The SMILES string of the molecule is Nc1nc2c(nc(N/N=C/c3ccc(O)cc3O)n2C2OC(CO)C(O)C2O)c(=O)[nH]1. The van der Waals surface area contributed by atoms with Gasteiger partial charge in [-0.15, -0.1) is 0 Å². The number of imidazole rings is 1. The van der Waals surface area contributed by atoms with Gasteiger partial charge in [0.05, 0.1) is 12.8 Å². The van der Waals surface area contributed by atoms with Crippen LogP contribution >= 0.6 is 0 Å².